The van der Waals surface area contributed by atoms with Crippen LogP contribution in [0, 0.1) is 6.92 Å². The Morgan fingerprint density at radius 3 is 2.65 bits per heavy atom. The Balaban J connectivity index is 2.52. The van der Waals surface area contributed by atoms with Gasteiger partial charge in [0.25, 0.3) is 0 Å². The third-order valence-electron chi connectivity index (χ3n) is 3.45. The molecule has 112 valence electrons. The summed E-state index contributed by atoms with van der Waals surface area (Å²) in [5.41, 5.74) is 3.05. The highest BCUT2D eigenvalue weighted by molar-refractivity contribution is 5.90. The molecule has 0 bridgehead atoms. The zero-order chi connectivity index (χ0) is 15.0. The summed E-state index contributed by atoms with van der Waals surface area (Å²) >= 11 is 0. The van der Waals surface area contributed by atoms with Gasteiger partial charge in [-0.05, 0) is 38.0 Å². The smallest absolute Gasteiger partial charge is 0.221 e. The first kappa shape index (κ1) is 16.5. The number of carbonyl (C=O) groups is 1. The zero-order valence-corrected chi connectivity index (χ0v) is 13.3. The van der Waals surface area contributed by atoms with E-state index in [-0.39, 0.29) is 5.91 Å². The van der Waals surface area contributed by atoms with Gasteiger partial charge in [-0.3, -0.25) is 4.79 Å². The topological polar surface area (TPSA) is 41.1 Å². The maximum absolute atomic E-state index is 11.2. The molecule has 0 aliphatic rings. The van der Waals surface area contributed by atoms with Crippen molar-refractivity contribution in [3.8, 4) is 0 Å². The van der Waals surface area contributed by atoms with Crippen molar-refractivity contribution in [2.75, 3.05) is 10.6 Å². The Hall–Kier alpha value is -1.51. The monoisotopic (exact) mass is 276 g/mol. The quantitative estimate of drug-likeness (QED) is 0.674. The molecule has 1 unspecified atom stereocenters. The van der Waals surface area contributed by atoms with Gasteiger partial charge in [-0.15, -0.1) is 0 Å². The molecular weight excluding hydrogens is 248 g/mol. The summed E-state index contributed by atoms with van der Waals surface area (Å²) in [6, 6.07) is 6.58. The van der Waals surface area contributed by atoms with Crippen LogP contribution in [0.1, 0.15) is 58.4 Å². The first-order valence-electron chi connectivity index (χ1n) is 7.67. The van der Waals surface area contributed by atoms with Gasteiger partial charge in [0.05, 0.1) is 0 Å². The number of hydrogen-bond donors (Lipinski definition) is 2. The molecule has 0 saturated heterocycles. The van der Waals surface area contributed by atoms with Gasteiger partial charge in [0.15, 0.2) is 0 Å². The fourth-order valence-corrected chi connectivity index (χ4v) is 2.27. The van der Waals surface area contributed by atoms with Crippen LogP contribution < -0.4 is 10.6 Å². The van der Waals surface area contributed by atoms with Crippen molar-refractivity contribution in [1.29, 1.82) is 0 Å². The van der Waals surface area contributed by atoms with E-state index < -0.39 is 0 Å². The van der Waals surface area contributed by atoms with Gasteiger partial charge in [-0.1, -0.05) is 38.7 Å². The molecule has 1 aromatic rings. The summed E-state index contributed by atoms with van der Waals surface area (Å²) in [7, 11) is 0. The van der Waals surface area contributed by atoms with E-state index in [2.05, 4.69) is 30.5 Å². The molecule has 1 aromatic carbocycles. The van der Waals surface area contributed by atoms with Crippen molar-refractivity contribution < 1.29 is 4.79 Å². The van der Waals surface area contributed by atoms with Crippen LogP contribution >= 0.6 is 0 Å². The normalized spacial score (nSPS) is 12.0. The third-order valence-corrected chi connectivity index (χ3v) is 3.45. The summed E-state index contributed by atoms with van der Waals surface area (Å²) in [5.74, 6) is -0.0298. The van der Waals surface area contributed by atoms with Crippen LogP contribution in [-0.2, 0) is 4.79 Å². The fourth-order valence-electron chi connectivity index (χ4n) is 2.27. The molecule has 1 atom stereocenters. The molecule has 1 rings (SSSR count). The maximum atomic E-state index is 11.2. The highest BCUT2D eigenvalue weighted by atomic mass is 16.1. The molecule has 0 aliphatic carbocycles. The lowest BCUT2D eigenvalue weighted by molar-refractivity contribution is -0.114. The molecule has 1 amide bonds. The van der Waals surface area contributed by atoms with Gasteiger partial charge in [0.2, 0.25) is 5.91 Å². The van der Waals surface area contributed by atoms with Crippen molar-refractivity contribution in [1.82, 2.24) is 0 Å². The molecule has 2 N–H and O–H groups in total. The number of carbonyl (C=O) groups excluding carboxylic acids is 1. The minimum atomic E-state index is -0.0298. The minimum absolute atomic E-state index is 0.0298. The van der Waals surface area contributed by atoms with E-state index in [1.165, 1.54) is 39.0 Å². The number of nitrogens with one attached hydrogen (secondary N) is 2. The third kappa shape index (κ3) is 6.09. The number of unbranched alkanes of at least 4 members (excludes halogenated alkanes) is 3. The van der Waals surface area contributed by atoms with Gasteiger partial charge in [0.1, 0.15) is 0 Å². The van der Waals surface area contributed by atoms with Crippen molar-refractivity contribution in [2.45, 2.75) is 65.8 Å². The van der Waals surface area contributed by atoms with Crippen LogP contribution in [0.4, 0.5) is 11.4 Å². The first-order valence-corrected chi connectivity index (χ1v) is 7.67. The molecular formula is C17H28N2O. The number of aryl methyl sites for hydroxylation is 1. The van der Waals surface area contributed by atoms with Crippen LogP contribution in [-0.4, -0.2) is 11.9 Å². The molecule has 3 heteroatoms. The number of anilines is 2. The number of hydrogen-bond acceptors (Lipinski definition) is 2. The van der Waals surface area contributed by atoms with Crippen molar-refractivity contribution >= 4 is 17.3 Å². The predicted molar refractivity (Wildman–Crippen MR) is 87.3 cm³/mol. The second-order valence-electron chi connectivity index (χ2n) is 5.61. The fraction of sp³-hybridized carbons (Fsp3) is 0.588. The second kappa shape index (κ2) is 8.62. The molecule has 0 aliphatic heterocycles. The molecule has 0 fully saturated rings. The van der Waals surface area contributed by atoms with Crippen LogP contribution in [0.25, 0.3) is 0 Å². The zero-order valence-electron chi connectivity index (χ0n) is 13.3. The Kier molecular flexibility index (Phi) is 7.13. The van der Waals surface area contributed by atoms with Gasteiger partial charge in [-0.25, -0.2) is 0 Å². The second-order valence-corrected chi connectivity index (χ2v) is 5.61. The molecule has 0 saturated carbocycles. The summed E-state index contributed by atoms with van der Waals surface area (Å²) in [6.07, 6.45) is 6.37. The summed E-state index contributed by atoms with van der Waals surface area (Å²) in [6.45, 7) is 7.99. The Labute approximate surface area is 123 Å². The molecule has 0 radical (unpaired) electrons. The molecule has 0 aromatic heterocycles. The lowest BCUT2D eigenvalue weighted by atomic mass is 10.1. The molecule has 3 nitrogen and oxygen atoms in total. The number of benzene rings is 1. The largest absolute Gasteiger partial charge is 0.383 e. The standard InChI is InChI=1S/C17H28N2O/c1-5-6-7-8-9-14(3)18-16-11-10-13(2)17(12-16)19-15(4)20/h10-12,14,18H,5-9H2,1-4H3,(H,19,20). The minimum Gasteiger partial charge on any atom is -0.383 e. The van der Waals surface area contributed by atoms with Gasteiger partial charge in [-0.2, -0.15) is 0 Å². The summed E-state index contributed by atoms with van der Waals surface area (Å²) in [4.78, 5) is 11.2. The lowest BCUT2D eigenvalue weighted by Gasteiger charge is -2.17. The van der Waals surface area contributed by atoms with Crippen LogP contribution in [0.2, 0.25) is 0 Å². The van der Waals surface area contributed by atoms with Crippen LogP contribution in [0.5, 0.6) is 0 Å². The van der Waals surface area contributed by atoms with E-state index in [0.717, 1.165) is 16.9 Å². The van der Waals surface area contributed by atoms with E-state index in [4.69, 9.17) is 0 Å². The summed E-state index contributed by atoms with van der Waals surface area (Å²) in [5, 5.41) is 6.38. The van der Waals surface area contributed by atoms with Gasteiger partial charge >= 0.3 is 0 Å². The first-order chi connectivity index (χ1) is 9.52. The average molecular weight is 276 g/mol. The Morgan fingerprint density at radius 1 is 1.25 bits per heavy atom. The lowest BCUT2D eigenvalue weighted by Crippen LogP contribution is -2.15. The highest BCUT2D eigenvalue weighted by Gasteiger charge is 2.05. The van der Waals surface area contributed by atoms with Gasteiger partial charge in [0, 0.05) is 24.3 Å². The molecule has 0 spiro atoms. The average Bonchev–Trinajstić information content (AvgIpc) is 2.38. The van der Waals surface area contributed by atoms with Crippen LogP contribution in [0.3, 0.4) is 0 Å². The van der Waals surface area contributed by atoms with E-state index in [9.17, 15) is 4.79 Å². The maximum Gasteiger partial charge on any atom is 0.221 e. The van der Waals surface area contributed by atoms with Crippen molar-refractivity contribution in [3.63, 3.8) is 0 Å². The number of rotatable bonds is 8. The van der Waals surface area contributed by atoms with Crippen molar-refractivity contribution in [2.24, 2.45) is 0 Å². The van der Waals surface area contributed by atoms with E-state index in [1.807, 2.05) is 19.1 Å². The highest BCUT2D eigenvalue weighted by Crippen LogP contribution is 2.21. The molecule has 20 heavy (non-hydrogen) atoms. The number of amides is 1. The predicted octanol–water partition coefficient (Wildman–Crippen LogP) is 4.72. The Morgan fingerprint density at radius 2 is 2.00 bits per heavy atom. The van der Waals surface area contributed by atoms with Crippen LogP contribution in [0.15, 0.2) is 18.2 Å². The van der Waals surface area contributed by atoms with Gasteiger partial charge < -0.3 is 10.6 Å². The van der Waals surface area contributed by atoms with E-state index in [1.54, 1.807) is 0 Å². The Bertz CT molecular complexity index is 429. The van der Waals surface area contributed by atoms with E-state index in [0.29, 0.717) is 6.04 Å². The summed E-state index contributed by atoms with van der Waals surface area (Å²) < 4.78 is 0. The van der Waals surface area contributed by atoms with Crippen molar-refractivity contribution in [3.05, 3.63) is 23.8 Å². The van der Waals surface area contributed by atoms with E-state index >= 15 is 0 Å². The SMILES string of the molecule is CCCCCCC(C)Nc1ccc(C)c(NC(C)=O)c1. The molecule has 0 heterocycles.